The Hall–Kier alpha value is -2.13. The number of hydrogen-bond donors (Lipinski definition) is 0. The van der Waals surface area contributed by atoms with E-state index in [0.717, 1.165) is 42.6 Å². The van der Waals surface area contributed by atoms with Crippen molar-refractivity contribution in [3.63, 3.8) is 0 Å². The zero-order valence-electron chi connectivity index (χ0n) is 15.4. The first-order valence-corrected chi connectivity index (χ1v) is 10.2. The fourth-order valence-corrected chi connectivity index (χ4v) is 5.11. The van der Waals surface area contributed by atoms with Gasteiger partial charge < -0.3 is 14.4 Å². The lowest BCUT2D eigenvalue weighted by atomic mass is 9.68. The van der Waals surface area contributed by atoms with Gasteiger partial charge in [-0.05, 0) is 36.6 Å². The highest BCUT2D eigenvalue weighted by Gasteiger charge is 2.52. The second-order valence-electron chi connectivity index (χ2n) is 7.22. The monoisotopic (exact) mass is 369 g/mol. The Morgan fingerprint density at radius 3 is 3.08 bits per heavy atom. The third kappa shape index (κ3) is 2.49. The van der Waals surface area contributed by atoms with E-state index < -0.39 is 0 Å². The van der Waals surface area contributed by atoms with Gasteiger partial charge in [0.25, 0.3) is 0 Å². The van der Waals surface area contributed by atoms with Crippen LogP contribution in [0, 0.1) is 17.4 Å². The van der Waals surface area contributed by atoms with Gasteiger partial charge in [-0.3, -0.25) is 0 Å². The second-order valence-corrected chi connectivity index (χ2v) is 7.99. The maximum atomic E-state index is 9.03. The molecule has 136 valence electrons. The molecule has 0 fully saturated rings. The molecule has 6 heteroatoms. The summed E-state index contributed by atoms with van der Waals surface area (Å²) >= 11 is 1.52. The van der Waals surface area contributed by atoms with Crippen LogP contribution in [-0.4, -0.2) is 36.1 Å². The lowest BCUT2D eigenvalue weighted by Gasteiger charge is -2.36. The minimum atomic E-state index is -0.114. The molecule has 4 rings (SSSR count). The van der Waals surface area contributed by atoms with Gasteiger partial charge in [0.2, 0.25) is 6.19 Å². The lowest BCUT2D eigenvalue weighted by molar-refractivity contribution is 0.129. The van der Waals surface area contributed by atoms with Crippen molar-refractivity contribution in [2.45, 2.75) is 37.8 Å². The van der Waals surface area contributed by atoms with Gasteiger partial charge in [-0.25, -0.2) is 0 Å². The highest BCUT2D eigenvalue weighted by molar-refractivity contribution is 8.13. The van der Waals surface area contributed by atoms with Crippen molar-refractivity contribution in [1.29, 1.82) is 5.26 Å². The van der Waals surface area contributed by atoms with Crippen molar-refractivity contribution in [3.05, 3.63) is 35.4 Å². The van der Waals surface area contributed by atoms with Gasteiger partial charge >= 0.3 is 0 Å². The summed E-state index contributed by atoms with van der Waals surface area (Å²) in [6.45, 7) is 3.81. The number of aliphatic imine (C=N–C) groups is 1. The molecule has 0 aromatic heterocycles. The highest BCUT2D eigenvalue weighted by Crippen LogP contribution is 2.56. The first kappa shape index (κ1) is 17.3. The van der Waals surface area contributed by atoms with Gasteiger partial charge in [0.1, 0.15) is 6.10 Å². The molecule has 3 atom stereocenters. The molecule has 1 aliphatic carbocycles. The van der Waals surface area contributed by atoms with E-state index in [-0.39, 0.29) is 11.5 Å². The molecule has 3 aliphatic rings. The molecule has 0 radical (unpaired) electrons. The standard InChI is InChI=1S/C20H23N3O2S/c1-13-6-7-20-8-9-23(19(26-3)22-12-21)11-14-4-5-15(24-2)18(17(14)20)25-16(20)10-13/h4-7,13,16H,8-11H2,1-3H3/t13-,16+,20+/m0/s1. The molecule has 1 spiro atoms. The van der Waals surface area contributed by atoms with Crippen LogP contribution >= 0.6 is 11.8 Å². The predicted octanol–water partition coefficient (Wildman–Crippen LogP) is 3.70. The number of nitriles is 1. The van der Waals surface area contributed by atoms with E-state index in [1.807, 2.05) is 18.5 Å². The molecule has 0 bridgehead atoms. The number of ether oxygens (including phenoxy) is 2. The van der Waals surface area contributed by atoms with Gasteiger partial charge in [0.15, 0.2) is 16.7 Å². The quantitative estimate of drug-likeness (QED) is 0.327. The second kappa shape index (κ2) is 6.55. The van der Waals surface area contributed by atoms with E-state index in [1.165, 1.54) is 22.9 Å². The van der Waals surface area contributed by atoms with Crippen LogP contribution < -0.4 is 9.47 Å². The Morgan fingerprint density at radius 1 is 1.50 bits per heavy atom. The van der Waals surface area contributed by atoms with Crippen LogP contribution in [0.4, 0.5) is 0 Å². The van der Waals surface area contributed by atoms with Crippen LogP contribution in [0.2, 0.25) is 0 Å². The van der Waals surface area contributed by atoms with Crippen LogP contribution in [0.3, 0.4) is 0 Å². The Balaban J connectivity index is 1.86. The van der Waals surface area contributed by atoms with E-state index in [1.54, 1.807) is 7.11 Å². The zero-order chi connectivity index (χ0) is 18.3. The Bertz CT molecular complexity index is 829. The summed E-state index contributed by atoms with van der Waals surface area (Å²) in [5.41, 5.74) is 2.39. The largest absolute Gasteiger partial charge is 0.493 e. The number of methoxy groups -OCH3 is 1. The molecule has 26 heavy (non-hydrogen) atoms. The summed E-state index contributed by atoms with van der Waals surface area (Å²) in [4.78, 5) is 6.25. The van der Waals surface area contributed by atoms with Crippen molar-refractivity contribution < 1.29 is 9.47 Å². The van der Waals surface area contributed by atoms with E-state index in [2.05, 4.69) is 35.0 Å². The fraction of sp³-hybridized carbons (Fsp3) is 0.500. The van der Waals surface area contributed by atoms with E-state index in [4.69, 9.17) is 14.7 Å². The maximum Gasteiger partial charge on any atom is 0.208 e. The van der Waals surface area contributed by atoms with Crippen LogP contribution in [0.5, 0.6) is 11.5 Å². The minimum Gasteiger partial charge on any atom is -0.493 e. The van der Waals surface area contributed by atoms with Gasteiger partial charge in [-0.15, -0.1) is 4.99 Å². The van der Waals surface area contributed by atoms with E-state index in [0.29, 0.717) is 5.92 Å². The topological polar surface area (TPSA) is 57.9 Å². The molecule has 0 amide bonds. The molecule has 0 saturated carbocycles. The maximum absolute atomic E-state index is 9.03. The number of nitrogens with zero attached hydrogens (tertiary/aromatic N) is 3. The van der Waals surface area contributed by atoms with Gasteiger partial charge in [-0.1, -0.05) is 36.9 Å². The van der Waals surface area contributed by atoms with E-state index in [9.17, 15) is 0 Å². The molecule has 5 nitrogen and oxygen atoms in total. The molecule has 0 N–H and O–H groups in total. The smallest absolute Gasteiger partial charge is 0.208 e. The van der Waals surface area contributed by atoms with Gasteiger partial charge in [-0.2, -0.15) is 5.26 Å². The van der Waals surface area contributed by atoms with Crippen molar-refractivity contribution >= 4 is 16.9 Å². The Kier molecular flexibility index (Phi) is 4.36. The average molecular weight is 369 g/mol. The molecule has 1 aromatic rings. The summed E-state index contributed by atoms with van der Waals surface area (Å²) in [5.74, 6) is 2.22. The van der Waals surface area contributed by atoms with Crippen LogP contribution in [0.1, 0.15) is 30.9 Å². The summed E-state index contributed by atoms with van der Waals surface area (Å²) in [5, 5.41) is 9.81. The minimum absolute atomic E-state index is 0.114. The van der Waals surface area contributed by atoms with Crippen molar-refractivity contribution in [1.82, 2.24) is 4.90 Å². The highest BCUT2D eigenvalue weighted by atomic mass is 32.2. The molecule has 2 aliphatic heterocycles. The number of benzene rings is 1. The normalized spacial score (nSPS) is 29.3. The van der Waals surface area contributed by atoms with Crippen molar-refractivity contribution in [2.75, 3.05) is 19.9 Å². The molecule has 0 unspecified atom stereocenters. The predicted molar refractivity (Wildman–Crippen MR) is 104 cm³/mol. The average Bonchev–Trinajstić information content (AvgIpc) is 2.88. The molecular formula is C20H23N3O2S. The summed E-state index contributed by atoms with van der Waals surface area (Å²) in [7, 11) is 1.70. The molecule has 1 aromatic carbocycles. The summed E-state index contributed by atoms with van der Waals surface area (Å²) in [6, 6.07) is 4.13. The van der Waals surface area contributed by atoms with Crippen LogP contribution in [-0.2, 0) is 12.0 Å². The molecular weight excluding hydrogens is 346 g/mol. The zero-order valence-corrected chi connectivity index (χ0v) is 16.2. The number of hydrogen-bond acceptors (Lipinski definition) is 5. The number of amidine groups is 1. The van der Waals surface area contributed by atoms with Gasteiger partial charge in [0.05, 0.1) is 12.5 Å². The van der Waals surface area contributed by atoms with Crippen molar-refractivity contribution in [2.24, 2.45) is 10.9 Å². The summed E-state index contributed by atoms with van der Waals surface area (Å²) < 4.78 is 12.1. The SMILES string of the molecule is COc1ccc2c3c1O[C@@H]1C[C@@H](C)C=C[C@]31CCN(C(=NC#N)SC)C2. The van der Waals surface area contributed by atoms with Crippen molar-refractivity contribution in [3.8, 4) is 17.7 Å². The lowest BCUT2D eigenvalue weighted by Crippen LogP contribution is -2.41. The molecule has 2 heterocycles. The van der Waals surface area contributed by atoms with Crippen LogP contribution in [0.15, 0.2) is 29.3 Å². The fourth-order valence-electron chi connectivity index (χ4n) is 4.56. The number of allylic oxidation sites excluding steroid dienone is 1. The summed E-state index contributed by atoms with van der Waals surface area (Å²) in [6.07, 6.45) is 10.7. The first-order chi connectivity index (χ1) is 12.6. The Labute approximate surface area is 158 Å². The first-order valence-electron chi connectivity index (χ1n) is 8.95. The number of rotatable bonds is 1. The van der Waals surface area contributed by atoms with E-state index >= 15 is 0 Å². The van der Waals surface area contributed by atoms with Gasteiger partial charge in [0, 0.05) is 18.7 Å². The van der Waals surface area contributed by atoms with Crippen LogP contribution in [0.25, 0.3) is 0 Å². The molecule has 0 saturated heterocycles. The third-order valence-corrected chi connectivity index (χ3v) is 6.51. The Morgan fingerprint density at radius 2 is 2.35 bits per heavy atom. The third-order valence-electron chi connectivity index (χ3n) is 5.79. The number of thioether (sulfide) groups is 1.